The number of carbonyl (C=O) groups is 1. The van der Waals surface area contributed by atoms with Crippen molar-refractivity contribution in [2.75, 3.05) is 14.1 Å². The van der Waals surface area contributed by atoms with E-state index >= 15 is 0 Å². The van der Waals surface area contributed by atoms with Gasteiger partial charge in [-0.1, -0.05) is 43.7 Å². The maximum Gasteiger partial charge on any atom is 0.254 e. The highest BCUT2D eigenvalue weighted by molar-refractivity contribution is 5.95. The molecule has 1 aliphatic rings. The minimum atomic E-state index is -0.202. The van der Waals surface area contributed by atoms with Gasteiger partial charge in [-0.2, -0.15) is 5.10 Å². The average molecular weight is 463 g/mol. The number of amides is 1. The van der Waals surface area contributed by atoms with Crippen molar-refractivity contribution in [1.82, 2.24) is 20.0 Å². The Hall–Kier alpha value is -2.99. The van der Waals surface area contributed by atoms with Gasteiger partial charge in [0.15, 0.2) is 0 Å². The first-order valence-electron chi connectivity index (χ1n) is 12.3. The fourth-order valence-electron chi connectivity index (χ4n) is 5.16. The molecule has 2 aromatic carbocycles. The molecule has 6 heteroatoms. The number of hydrogen-bond acceptors (Lipinski definition) is 3. The molecule has 0 spiro atoms. The van der Waals surface area contributed by atoms with Gasteiger partial charge >= 0.3 is 0 Å². The van der Waals surface area contributed by atoms with Crippen LogP contribution in [0.4, 0.5) is 4.39 Å². The first-order valence-corrected chi connectivity index (χ1v) is 12.3. The molecule has 1 N–H and O–H groups in total. The fraction of sp³-hybridized carbons (Fsp3) is 0.429. The quantitative estimate of drug-likeness (QED) is 0.502. The van der Waals surface area contributed by atoms with Gasteiger partial charge in [-0.15, -0.1) is 0 Å². The summed E-state index contributed by atoms with van der Waals surface area (Å²) >= 11 is 0. The van der Waals surface area contributed by atoms with E-state index in [2.05, 4.69) is 36.3 Å². The molecule has 0 saturated heterocycles. The van der Waals surface area contributed by atoms with Gasteiger partial charge in [-0.25, -0.2) is 9.07 Å². The lowest BCUT2D eigenvalue weighted by molar-refractivity contribution is 0.0769. The summed E-state index contributed by atoms with van der Waals surface area (Å²) < 4.78 is 15.2. The predicted molar refractivity (Wildman–Crippen MR) is 134 cm³/mol. The lowest BCUT2D eigenvalue weighted by Gasteiger charge is -2.45. The molecule has 0 unspecified atom stereocenters. The highest BCUT2D eigenvalue weighted by Crippen LogP contribution is 2.35. The Morgan fingerprint density at radius 2 is 1.79 bits per heavy atom. The van der Waals surface area contributed by atoms with Crippen LogP contribution in [0.1, 0.15) is 60.6 Å². The van der Waals surface area contributed by atoms with Crippen molar-refractivity contribution in [2.45, 2.75) is 63.5 Å². The number of para-hydroxylation sites is 1. The van der Waals surface area contributed by atoms with Crippen LogP contribution in [0.25, 0.3) is 5.69 Å². The first-order chi connectivity index (χ1) is 16.4. The van der Waals surface area contributed by atoms with E-state index in [0.717, 1.165) is 61.9 Å². The zero-order valence-electron chi connectivity index (χ0n) is 20.4. The van der Waals surface area contributed by atoms with Crippen LogP contribution in [-0.4, -0.2) is 46.3 Å². The lowest BCUT2D eigenvalue weighted by Crippen LogP contribution is -2.52. The number of nitrogens with one attached hydrogen (secondary N) is 1. The summed E-state index contributed by atoms with van der Waals surface area (Å²) in [5.74, 6) is -0.237. The molecule has 0 bridgehead atoms. The number of aromatic nitrogens is 2. The van der Waals surface area contributed by atoms with Crippen molar-refractivity contribution < 1.29 is 9.18 Å². The van der Waals surface area contributed by atoms with E-state index in [1.165, 1.54) is 12.1 Å². The van der Waals surface area contributed by atoms with Gasteiger partial charge in [0.1, 0.15) is 5.82 Å². The molecule has 1 amide bonds. The van der Waals surface area contributed by atoms with Crippen LogP contribution in [0, 0.1) is 5.82 Å². The van der Waals surface area contributed by atoms with E-state index in [1.54, 1.807) is 6.20 Å². The number of nitrogens with zero attached hydrogens (tertiary/aromatic N) is 3. The van der Waals surface area contributed by atoms with Crippen LogP contribution < -0.4 is 5.32 Å². The molecule has 0 atom stereocenters. The molecular weight excluding hydrogens is 427 g/mol. The van der Waals surface area contributed by atoms with Crippen molar-refractivity contribution in [2.24, 2.45) is 0 Å². The number of hydrogen-bond donors (Lipinski definition) is 1. The Morgan fingerprint density at radius 3 is 2.41 bits per heavy atom. The molecule has 4 rings (SSSR count). The van der Waals surface area contributed by atoms with Gasteiger partial charge in [0, 0.05) is 11.6 Å². The summed E-state index contributed by atoms with van der Waals surface area (Å²) in [6.45, 7) is 2.12. The van der Waals surface area contributed by atoms with Crippen LogP contribution in [0.3, 0.4) is 0 Å². The Labute approximate surface area is 202 Å². The van der Waals surface area contributed by atoms with E-state index in [9.17, 15) is 9.18 Å². The van der Waals surface area contributed by atoms with Gasteiger partial charge in [-0.3, -0.25) is 4.79 Å². The second-order valence-corrected chi connectivity index (χ2v) is 9.67. The minimum Gasteiger partial charge on any atom is -0.349 e. The van der Waals surface area contributed by atoms with Gasteiger partial charge in [0.25, 0.3) is 5.91 Å². The molecule has 1 aliphatic carbocycles. The topological polar surface area (TPSA) is 50.2 Å². The maximum atomic E-state index is 13.4. The van der Waals surface area contributed by atoms with E-state index in [0.29, 0.717) is 5.56 Å². The molecule has 0 aliphatic heterocycles. The molecule has 0 radical (unpaired) electrons. The standard InChI is InChI=1S/C28H35FN4O/c1-4-8-26-25(20-30-33(26)24-9-6-5-7-10-24)27(34)31-23-15-17-28(18-16-23,32(2)3)19-21-11-13-22(29)14-12-21/h5-7,9-14,20,23H,4,8,15-19H2,1-3H3,(H,31,34). The molecule has 1 saturated carbocycles. The normalized spacial score (nSPS) is 20.4. The second kappa shape index (κ2) is 10.5. The van der Waals surface area contributed by atoms with E-state index in [4.69, 9.17) is 0 Å². The van der Waals surface area contributed by atoms with E-state index in [1.807, 2.05) is 47.1 Å². The molecule has 1 aromatic heterocycles. The Morgan fingerprint density at radius 1 is 1.12 bits per heavy atom. The zero-order chi connectivity index (χ0) is 24.1. The zero-order valence-corrected chi connectivity index (χ0v) is 20.4. The predicted octanol–water partition coefficient (Wildman–Crippen LogP) is 5.18. The first kappa shape index (κ1) is 24.1. The number of rotatable bonds is 8. The number of likely N-dealkylation sites (N-methyl/N-ethyl adjacent to an activating group) is 1. The molecule has 5 nitrogen and oxygen atoms in total. The Bertz CT molecular complexity index is 1080. The highest BCUT2D eigenvalue weighted by Gasteiger charge is 2.38. The van der Waals surface area contributed by atoms with Crippen molar-refractivity contribution >= 4 is 5.91 Å². The summed E-state index contributed by atoms with van der Waals surface area (Å²) in [5.41, 5.74) is 3.77. The summed E-state index contributed by atoms with van der Waals surface area (Å²) in [5, 5.41) is 7.83. The van der Waals surface area contributed by atoms with Gasteiger partial charge in [0.05, 0.1) is 23.1 Å². The van der Waals surface area contributed by atoms with Gasteiger partial charge in [-0.05, 0) is 82.4 Å². The summed E-state index contributed by atoms with van der Waals surface area (Å²) in [4.78, 5) is 15.6. The van der Waals surface area contributed by atoms with Crippen molar-refractivity contribution in [3.63, 3.8) is 0 Å². The molecule has 34 heavy (non-hydrogen) atoms. The van der Waals surface area contributed by atoms with Crippen molar-refractivity contribution in [3.05, 3.63) is 83.4 Å². The number of benzene rings is 2. The van der Waals surface area contributed by atoms with Crippen LogP contribution in [0.5, 0.6) is 0 Å². The second-order valence-electron chi connectivity index (χ2n) is 9.67. The molecule has 180 valence electrons. The Balaban J connectivity index is 1.44. The minimum absolute atomic E-state index is 0.0185. The molecule has 3 aromatic rings. The fourth-order valence-corrected chi connectivity index (χ4v) is 5.16. The molecule has 1 fully saturated rings. The molecule has 1 heterocycles. The molecular formula is C28H35FN4O. The Kier molecular flexibility index (Phi) is 7.47. The van der Waals surface area contributed by atoms with E-state index < -0.39 is 0 Å². The summed E-state index contributed by atoms with van der Waals surface area (Å²) in [6.07, 6.45) is 8.11. The third kappa shape index (κ3) is 5.22. The maximum absolute atomic E-state index is 13.4. The average Bonchev–Trinajstić information content (AvgIpc) is 3.26. The number of carbonyl (C=O) groups excluding carboxylic acids is 1. The largest absolute Gasteiger partial charge is 0.349 e. The SMILES string of the molecule is CCCc1c(C(=O)NC2CCC(Cc3ccc(F)cc3)(N(C)C)CC2)cnn1-c1ccccc1. The van der Waals surface area contributed by atoms with Crippen molar-refractivity contribution in [1.29, 1.82) is 0 Å². The third-order valence-electron chi connectivity index (χ3n) is 7.25. The van der Waals surface area contributed by atoms with Crippen molar-refractivity contribution in [3.8, 4) is 5.69 Å². The smallest absolute Gasteiger partial charge is 0.254 e. The number of halogens is 1. The van der Waals surface area contributed by atoms with Gasteiger partial charge in [0.2, 0.25) is 0 Å². The summed E-state index contributed by atoms with van der Waals surface area (Å²) in [6, 6.07) is 16.9. The van der Waals surface area contributed by atoms with Crippen LogP contribution in [0.2, 0.25) is 0 Å². The van der Waals surface area contributed by atoms with Crippen LogP contribution in [0.15, 0.2) is 60.8 Å². The lowest BCUT2D eigenvalue weighted by atomic mass is 9.74. The van der Waals surface area contributed by atoms with Gasteiger partial charge < -0.3 is 10.2 Å². The monoisotopic (exact) mass is 462 g/mol. The third-order valence-corrected chi connectivity index (χ3v) is 7.25. The van der Waals surface area contributed by atoms with Crippen LogP contribution in [-0.2, 0) is 12.8 Å². The summed E-state index contributed by atoms with van der Waals surface area (Å²) in [7, 11) is 4.24. The van der Waals surface area contributed by atoms with E-state index in [-0.39, 0.29) is 23.3 Å². The highest BCUT2D eigenvalue weighted by atomic mass is 19.1. The van der Waals surface area contributed by atoms with Crippen LogP contribution >= 0.6 is 0 Å².